The van der Waals surface area contributed by atoms with Crippen LogP contribution in [-0.2, 0) is 7.05 Å². The molecule has 0 atom stereocenters. The highest BCUT2D eigenvalue weighted by Gasteiger charge is 2.11. The number of fused-ring (bicyclic) bond motifs is 1. The lowest BCUT2D eigenvalue weighted by atomic mass is 10.4. The number of nitrogens with zero attached hydrogens (tertiary/aromatic N) is 2. The van der Waals surface area contributed by atoms with Crippen LogP contribution < -0.4 is 4.74 Å². The van der Waals surface area contributed by atoms with Crippen molar-refractivity contribution in [3.05, 3.63) is 9.85 Å². The van der Waals surface area contributed by atoms with E-state index in [4.69, 9.17) is 4.74 Å². The summed E-state index contributed by atoms with van der Waals surface area (Å²) in [4.78, 5) is 1.12. The standard InChI is InChI=1S/C7H7BrN2OS/c1-10-7-4(3-5(8)12-7)6(9-10)11-2/h3H,1-2H3. The van der Waals surface area contributed by atoms with Gasteiger partial charge in [-0.25, -0.2) is 0 Å². The summed E-state index contributed by atoms with van der Waals surface area (Å²) in [7, 11) is 3.54. The summed E-state index contributed by atoms with van der Waals surface area (Å²) in [6.07, 6.45) is 0. The molecule has 0 aromatic carbocycles. The van der Waals surface area contributed by atoms with Crippen LogP contribution in [0.2, 0.25) is 0 Å². The molecule has 0 spiro atoms. The maximum Gasteiger partial charge on any atom is 0.241 e. The molecule has 0 amide bonds. The van der Waals surface area contributed by atoms with Gasteiger partial charge in [-0.05, 0) is 22.0 Å². The molecule has 2 aromatic heterocycles. The van der Waals surface area contributed by atoms with Gasteiger partial charge in [0.05, 0.1) is 16.3 Å². The van der Waals surface area contributed by atoms with Gasteiger partial charge in [-0.3, -0.25) is 4.68 Å². The summed E-state index contributed by atoms with van der Waals surface area (Å²) in [5, 5.41) is 5.26. The van der Waals surface area contributed by atoms with E-state index in [1.54, 1.807) is 18.4 Å². The number of methoxy groups -OCH3 is 1. The predicted octanol–water partition coefficient (Wildman–Crippen LogP) is 2.41. The number of ether oxygens (including phenoxy) is 1. The van der Waals surface area contributed by atoms with Crippen LogP contribution in [-0.4, -0.2) is 16.9 Å². The van der Waals surface area contributed by atoms with Crippen LogP contribution in [0.4, 0.5) is 0 Å². The average molecular weight is 247 g/mol. The fourth-order valence-electron chi connectivity index (χ4n) is 1.13. The molecule has 64 valence electrons. The molecule has 2 aromatic rings. The highest BCUT2D eigenvalue weighted by Crippen LogP contribution is 2.34. The summed E-state index contributed by atoms with van der Waals surface area (Å²) < 4.78 is 8.04. The van der Waals surface area contributed by atoms with Crippen LogP contribution in [0.15, 0.2) is 9.85 Å². The van der Waals surface area contributed by atoms with E-state index in [0.29, 0.717) is 5.88 Å². The van der Waals surface area contributed by atoms with E-state index in [0.717, 1.165) is 14.0 Å². The smallest absolute Gasteiger partial charge is 0.241 e. The molecule has 0 saturated heterocycles. The third-order valence-electron chi connectivity index (χ3n) is 1.64. The number of aromatic nitrogens is 2. The highest BCUT2D eigenvalue weighted by atomic mass is 79.9. The van der Waals surface area contributed by atoms with Crippen LogP contribution in [0.1, 0.15) is 0 Å². The molecule has 0 radical (unpaired) electrons. The quantitative estimate of drug-likeness (QED) is 0.773. The molecule has 12 heavy (non-hydrogen) atoms. The van der Waals surface area contributed by atoms with Gasteiger partial charge in [-0.2, -0.15) is 0 Å². The maximum absolute atomic E-state index is 5.12. The number of thiophene rings is 1. The van der Waals surface area contributed by atoms with E-state index in [9.17, 15) is 0 Å². The van der Waals surface area contributed by atoms with Crippen molar-refractivity contribution in [1.29, 1.82) is 0 Å². The lowest BCUT2D eigenvalue weighted by molar-refractivity contribution is 0.396. The van der Waals surface area contributed by atoms with E-state index in [1.807, 2.05) is 17.8 Å². The van der Waals surface area contributed by atoms with Crippen molar-refractivity contribution < 1.29 is 4.74 Å². The number of rotatable bonds is 1. The summed E-state index contributed by atoms with van der Waals surface area (Å²) in [5.41, 5.74) is 0. The predicted molar refractivity (Wildman–Crippen MR) is 52.8 cm³/mol. The van der Waals surface area contributed by atoms with Crippen molar-refractivity contribution >= 4 is 37.5 Å². The number of hydrogen-bond acceptors (Lipinski definition) is 3. The van der Waals surface area contributed by atoms with E-state index in [-0.39, 0.29) is 0 Å². The van der Waals surface area contributed by atoms with Gasteiger partial charge in [0.1, 0.15) is 4.83 Å². The molecule has 3 nitrogen and oxygen atoms in total. The summed E-state index contributed by atoms with van der Waals surface area (Å²) in [6.45, 7) is 0. The minimum atomic E-state index is 0.689. The Kier molecular flexibility index (Phi) is 1.84. The number of hydrogen-bond donors (Lipinski definition) is 0. The third-order valence-corrected chi connectivity index (χ3v) is 3.35. The first-order chi connectivity index (χ1) is 5.72. The summed E-state index contributed by atoms with van der Waals surface area (Å²) >= 11 is 5.08. The van der Waals surface area contributed by atoms with E-state index in [2.05, 4.69) is 21.0 Å². The monoisotopic (exact) mass is 246 g/mol. The maximum atomic E-state index is 5.12. The largest absolute Gasteiger partial charge is 0.479 e. The molecule has 2 heterocycles. The molecule has 0 aliphatic carbocycles. The Morgan fingerprint density at radius 1 is 1.67 bits per heavy atom. The van der Waals surface area contributed by atoms with Crippen molar-refractivity contribution in [2.75, 3.05) is 7.11 Å². The molecule has 0 bridgehead atoms. The molecule has 0 unspecified atom stereocenters. The minimum absolute atomic E-state index is 0.689. The lowest BCUT2D eigenvalue weighted by Crippen LogP contribution is -1.89. The zero-order valence-electron chi connectivity index (χ0n) is 6.67. The second-order valence-electron chi connectivity index (χ2n) is 2.40. The number of halogens is 1. The Bertz CT molecular complexity index is 420. The highest BCUT2D eigenvalue weighted by molar-refractivity contribution is 9.11. The van der Waals surface area contributed by atoms with Crippen molar-refractivity contribution in [2.45, 2.75) is 0 Å². The molecule has 0 fully saturated rings. The molecular weight excluding hydrogens is 240 g/mol. The first-order valence-corrected chi connectivity index (χ1v) is 4.99. The second kappa shape index (κ2) is 2.74. The van der Waals surface area contributed by atoms with Gasteiger partial charge < -0.3 is 4.74 Å². The van der Waals surface area contributed by atoms with E-state index in [1.165, 1.54) is 0 Å². The Morgan fingerprint density at radius 2 is 2.42 bits per heavy atom. The zero-order valence-corrected chi connectivity index (χ0v) is 9.07. The third kappa shape index (κ3) is 1.04. The van der Waals surface area contributed by atoms with E-state index >= 15 is 0 Å². The van der Waals surface area contributed by atoms with E-state index < -0.39 is 0 Å². The summed E-state index contributed by atoms with van der Waals surface area (Å²) in [5.74, 6) is 0.689. The van der Waals surface area contributed by atoms with Gasteiger partial charge >= 0.3 is 0 Å². The van der Waals surface area contributed by atoms with Crippen LogP contribution in [0.5, 0.6) is 5.88 Å². The van der Waals surface area contributed by atoms with Gasteiger partial charge in [-0.1, -0.05) is 0 Å². The zero-order chi connectivity index (χ0) is 8.72. The molecule has 2 rings (SSSR count). The Morgan fingerprint density at radius 3 is 3.08 bits per heavy atom. The summed E-state index contributed by atoms with van der Waals surface area (Å²) in [6, 6.07) is 2.02. The normalized spacial score (nSPS) is 10.9. The van der Waals surface area contributed by atoms with Crippen molar-refractivity contribution in [3.63, 3.8) is 0 Å². The van der Waals surface area contributed by atoms with Crippen LogP contribution in [0.3, 0.4) is 0 Å². The van der Waals surface area contributed by atoms with Crippen molar-refractivity contribution in [3.8, 4) is 5.88 Å². The molecule has 0 aliphatic heterocycles. The Balaban J connectivity index is 2.79. The van der Waals surface area contributed by atoms with Gasteiger partial charge in [-0.15, -0.1) is 16.4 Å². The molecule has 5 heteroatoms. The lowest BCUT2D eigenvalue weighted by Gasteiger charge is -1.90. The molecule has 0 N–H and O–H groups in total. The Hall–Kier alpha value is -0.550. The van der Waals surface area contributed by atoms with Gasteiger partial charge in [0.15, 0.2) is 0 Å². The first kappa shape index (κ1) is 8.07. The van der Waals surface area contributed by atoms with Gasteiger partial charge in [0.2, 0.25) is 5.88 Å². The molecular formula is C7H7BrN2OS. The fraction of sp³-hybridized carbons (Fsp3) is 0.286. The Labute approximate surface area is 82.1 Å². The fourth-order valence-corrected chi connectivity index (χ4v) is 2.61. The van der Waals surface area contributed by atoms with Gasteiger partial charge in [0, 0.05) is 7.05 Å². The van der Waals surface area contributed by atoms with Crippen molar-refractivity contribution in [1.82, 2.24) is 9.78 Å². The minimum Gasteiger partial charge on any atom is -0.479 e. The van der Waals surface area contributed by atoms with Crippen molar-refractivity contribution in [2.24, 2.45) is 7.05 Å². The van der Waals surface area contributed by atoms with Gasteiger partial charge in [0.25, 0.3) is 0 Å². The molecule has 0 aliphatic rings. The average Bonchev–Trinajstić information content (AvgIpc) is 2.52. The molecule has 0 saturated carbocycles. The van der Waals surface area contributed by atoms with Crippen LogP contribution >= 0.6 is 27.3 Å². The topological polar surface area (TPSA) is 27.1 Å². The SMILES string of the molecule is COc1nn(C)c2sc(Br)cc12. The van der Waals surface area contributed by atoms with Crippen LogP contribution in [0.25, 0.3) is 10.2 Å². The number of aryl methyl sites for hydroxylation is 1. The first-order valence-electron chi connectivity index (χ1n) is 3.38. The second-order valence-corrected chi connectivity index (χ2v) is 4.81. The van der Waals surface area contributed by atoms with Crippen LogP contribution in [0, 0.1) is 0 Å².